The van der Waals surface area contributed by atoms with Gasteiger partial charge in [-0.3, -0.25) is 4.79 Å². The highest BCUT2D eigenvalue weighted by Crippen LogP contribution is 2.23. The van der Waals surface area contributed by atoms with Crippen LogP contribution in [-0.4, -0.2) is 48.2 Å². The Morgan fingerprint density at radius 3 is 2.31 bits per heavy atom. The van der Waals surface area contributed by atoms with E-state index in [0.717, 1.165) is 4.68 Å². The van der Waals surface area contributed by atoms with Gasteiger partial charge in [0.05, 0.1) is 0 Å². The third kappa shape index (κ3) is 7.00. The molecule has 10 nitrogen and oxygen atoms in total. The van der Waals surface area contributed by atoms with Gasteiger partial charge in [-0.1, -0.05) is 32.5 Å². The zero-order valence-electron chi connectivity index (χ0n) is 17.5. The molecule has 2 aromatic heterocycles. The Morgan fingerprint density at radius 1 is 1.17 bits per heavy atom. The summed E-state index contributed by atoms with van der Waals surface area (Å²) < 4.78 is 1.04. The Hall–Kier alpha value is -2.14. The van der Waals surface area contributed by atoms with Crippen molar-refractivity contribution in [2.24, 2.45) is 0 Å². The first-order valence-corrected chi connectivity index (χ1v) is 10.9. The van der Waals surface area contributed by atoms with Crippen LogP contribution in [0.15, 0.2) is 9.95 Å². The van der Waals surface area contributed by atoms with Crippen molar-refractivity contribution in [2.75, 3.05) is 22.7 Å². The fourth-order valence-electron chi connectivity index (χ4n) is 2.14. The summed E-state index contributed by atoms with van der Waals surface area (Å²) in [5.41, 5.74) is -0.225. The summed E-state index contributed by atoms with van der Waals surface area (Å²) in [4.78, 5) is 23.9. The molecule has 0 spiro atoms. The van der Waals surface area contributed by atoms with Crippen molar-refractivity contribution in [3.8, 4) is 0 Å². The molecule has 1 aliphatic carbocycles. The predicted octanol–water partition coefficient (Wildman–Crippen LogP) is 2.29. The fourth-order valence-corrected chi connectivity index (χ4v) is 2.70. The molecule has 3 rings (SSSR count). The van der Waals surface area contributed by atoms with Gasteiger partial charge in [0.15, 0.2) is 0 Å². The molecule has 0 amide bonds. The van der Waals surface area contributed by atoms with Crippen molar-refractivity contribution in [3.05, 3.63) is 21.3 Å². The number of hydrogen-bond acceptors (Lipinski definition) is 10. The second-order valence-corrected chi connectivity index (χ2v) is 9.04. The average molecular weight is 442 g/mol. The zero-order valence-corrected chi connectivity index (χ0v) is 19.1. The van der Waals surface area contributed by atoms with Gasteiger partial charge in [0.1, 0.15) is 5.69 Å². The van der Waals surface area contributed by atoms with Crippen LogP contribution in [0.1, 0.15) is 53.2 Å². The molecule has 4 N–H and O–H groups in total. The van der Waals surface area contributed by atoms with E-state index in [9.17, 15) is 4.79 Å². The SMILES string of the molecule is CC(C)Nc1nc(Cl)nc(NC2CC2)n1.CSc1nnc(C(C)(C)C)c(=O)n1N. The number of thioether (sulfide) groups is 1. The second kappa shape index (κ2) is 9.57. The summed E-state index contributed by atoms with van der Waals surface area (Å²) in [5, 5.41) is 14.7. The largest absolute Gasteiger partial charge is 0.352 e. The van der Waals surface area contributed by atoms with E-state index in [-0.39, 0.29) is 22.3 Å². The Labute approximate surface area is 179 Å². The molecule has 0 radical (unpaired) electrons. The maximum absolute atomic E-state index is 11.7. The summed E-state index contributed by atoms with van der Waals surface area (Å²) in [6.07, 6.45) is 4.15. The van der Waals surface area contributed by atoms with Gasteiger partial charge in [-0.15, -0.1) is 10.2 Å². The maximum Gasteiger partial charge on any atom is 0.295 e. The van der Waals surface area contributed by atoms with Crippen molar-refractivity contribution in [2.45, 2.75) is 70.1 Å². The molecular weight excluding hydrogens is 414 g/mol. The zero-order chi connectivity index (χ0) is 21.8. The summed E-state index contributed by atoms with van der Waals surface area (Å²) in [6, 6.07) is 0.785. The predicted molar refractivity (Wildman–Crippen MR) is 117 cm³/mol. The van der Waals surface area contributed by atoms with E-state index in [1.807, 2.05) is 34.6 Å². The highest BCUT2D eigenvalue weighted by Gasteiger charge is 2.23. The molecule has 160 valence electrons. The molecule has 0 aliphatic heterocycles. The van der Waals surface area contributed by atoms with E-state index in [0.29, 0.717) is 28.8 Å². The maximum atomic E-state index is 11.7. The van der Waals surface area contributed by atoms with E-state index < -0.39 is 0 Å². The Balaban J connectivity index is 0.000000208. The average Bonchev–Trinajstić information content (AvgIpc) is 3.39. The van der Waals surface area contributed by atoms with Gasteiger partial charge < -0.3 is 16.5 Å². The number of rotatable bonds is 5. The van der Waals surface area contributed by atoms with Gasteiger partial charge >= 0.3 is 0 Å². The number of nitrogen functional groups attached to an aromatic ring is 1. The Kier molecular flexibility index (Phi) is 7.64. The number of nitrogens with zero attached hydrogens (tertiary/aromatic N) is 6. The minimum absolute atomic E-state index is 0.219. The van der Waals surface area contributed by atoms with Gasteiger partial charge in [0, 0.05) is 17.5 Å². The molecule has 1 aliphatic rings. The lowest BCUT2D eigenvalue weighted by atomic mass is 9.93. The minimum Gasteiger partial charge on any atom is -0.352 e. The van der Waals surface area contributed by atoms with Crippen molar-refractivity contribution in [1.82, 2.24) is 29.8 Å². The third-order valence-electron chi connectivity index (χ3n) is 3.69. The number of hydrogen-bond donors (Lipinski definition) is 3. The molecule has 1 saturated carbocycles. The quantitative estimate of drug-likeness (QED) is 0.468. The summed E-state index contributed by atoms with van der Waals surface area (Å²) in [7, 11) is 0. The van der Waals surface area contributed by atoms with Crippen LogP contribution in [0.5, 0.6) is 0 Å². The molecule has 0 bridgehead atoms. The topological polar surface area (TPSA) is 137 Å². The standard InChI is InChI=1S/C9H14ClN5.C8H14N4OS/c1-5(2)11-8-13-7(10)14-9(15-8)12-6-3-4-6;1-8(2,3)5-6(13)12(9)7(14-4)11-10-5/h5-6H,3-4H2,1-2H3,(H2,11,12,13,14,15);9H2,1-4H3. The first kappa shape index (κ1) is 23.1. The van der Waals surface area contributed by atoms with Crippen LogP contribution in [0.2, 0.25) is 5.28 Å². The highest BCUT2D eigenvalue weighted by molar-refractivity contribution is 7.98. The van der Waals surface area contributed by atoms with Crippen molar-refractivity contribution in [1.29, 1.82) is 0 Å². The monoisotopic (exact) mass is 441 g/mol. The van der Waals surface area contributed by atoms with Crippen molar-refractivity contribution >= 4 is 35.3 Å². The van der Waals surface area contributed by atoms with E-state index in [1.165, 1.54) is 24.6 Å². The van der Waals surface area contributed by atoms with E-state index in [2.05, 4.69) is 35.8 Å². The van der Waals surface area contributed by atoms with Gasteiger partial charge in [-0.05, 0) is 44.5 Å². The summed E-state index contributed by atoms with van der Waals surface area (Å²) >= 11 is 7.09. The van der Waals surface area contributed by atoms with Gasteiger partial charge in [-0.25, -0.2) is 0 Å². The lowest BCUT2D eigenvalue weighted by Gasteiger charge is -2.16. The fraction of sp³-hybridized carbons (Fsp3) is 0.647. The molecular formula is C17H28ClN9OS. The number of halogens is 1. The van der Waals surface area contributed by atoms with Crippen LogP contribution in [0.3, 0.4) is 0 Å². The van der Waals surface area contributed by atoms with Crippen LogP contribution in [-0.2, 0) is 5.41 Å². The van der Waals surface area contributed by atoms with Crippen LogP contribution in [0.25, 0.3) is 0 Å². The van der Waals surface area contributed by atoms with Gasteiger partial charge in [-0.2, -0.15) is 19.6 Å². The number of nitrogens with two attached hydrogens (primary N) is 1. The molecule has 0 atom stereocenters. The Morgan fingerprint density at radius 2 is 1.79 bits per heavy atom. The van der Waals surface area contributed by atoms with Crippen LogP contribution < -0.4 is 22.0 Å². The molecule has 0 unspecified atom stereocenters. The van der Waals surface area contributed by atoms with Gasteiger partial charge in [0.2, 0.25) is 22.3 Å². The molecule has 29 heavy (non-hydrogen) atoms. The van der Waals surface area contributed by atoms with Gasteiger partial charge in [0.25, 0.3) is 5.56 Å². The summed E-state index contributed by atoms with van der Waals surface area (Å²) in [5.74, 6) is 6.65. The van der Waals surface area contributed by atoms with Crippen LogP contribution in [0, 0.1) is 0 Å². The minimum atomic E-state index is -0.331. The Bertz CT molecular complexity index is 871. The molecule has 0 aromatic carbocycles. The highest BCUT2D eigenvalue weighted by atomic mass is 35.5. The number of aromatic nitrogens is 6. The molecule has 0 saturated heterocycles. The molecule has 12 heteroatoms. The van der Waals surface area contributed by atoms with Crippen LogP contribution in [0.4, 0.5) is 11.9 Å². The third-order valence-corrected chi connectivity index (χ3v) is 4.50. The normalized spacial score (nSPS) is 13.7. The molecule has 2 aromatic rings. The van der Waals surface area contributed by atoms with E-state index >= 15 is 0 Å². The van der Waals surface area contributed by atoms with Crippen molar-refractivity contribution < 1.29 is 0 Å². The smallest absolute Gasteiger partial charge is 0.295 e. The summed E-state index contributed by atoms with van der Waals surface area (Å²) in [6.45, 7) is 9.74. The van der Waals surface area contributed by atoms with Crippen molar-refractivity contribution in [3.63, 3.8) is 0 Å². The lowest BCUT2D eigenvalue weighted by Crippen LogP contribution is -2.37. The molecule has 1 fully saturated rings. The first-order chi connectivity index (χ1) is 13.5. The first-order valence-electron chi connectivity index (χ1n) is 9.25. The number of anilines is 2. The number of nitrogens with one attached hydrogen (secondary N) is 2. The lowest BCUT2D eigenvalue weighted by molar-refractivity contribution is 0.520. The van der Waals surface area contributed by atoms with E-state index in [1.54, 1.807) is 6.26 Å². The molecule has 2 heterocycles. The second-order valence-electron chi connectivity index (χ2n) is 7.93. The van der Waals surface area contributed by atoms with Crippen LogP contribution >= 0.6 is 23.4 Å². The van der Waals surface area contributed by atoms with E-state index in [4.69, 9.17) is 17.4 Å².